The number of likely N-dealkylation sites (N-methyl/N-ethyl adjacent to an activating group) is 1. The smallest absolute Gasteiger partial charge is 0.330 e. The van der Waals surface area contributed by atoms with Crippen LogP contribution in [0.2, 0.25) is 0 Å². The summed E-state index contributed by atoms with van der Waals surface area (Å²) in [6.07, 6.45) is 40.0. The van der Waals surface area contributed by atoms with Crippen molar-refractivity contribution in [3.8, 4) is 0 Å². The molecule has 0 N–H and O–H groups in total. The SMILES string of the molecule is CCCCCCCC/C=C\CCCCCCCC(=O)OCCC(OC(=O)CCCCCCC/C=C\CCCCCCCC)OP(C)(=O)OCCN(C)C. The maximum absolute atomic E-state index is 13.0. The molecular weight excluding hydrogens is 685 g/mol. The van der Waals surface area contributed by atoms with Crippen LogP contribution in [0, 0.1) is 0 Å². The van der Waals surface area contributed by atoms with Gasteiger partial charge in [-0.3, -0.25) is 18.7 Å². The van der Waals surface area contributed by atoms with Crippen molar-refractivity contribution in [3.05, 3.63) is 24.3 Å². The van der Waals surface area contributed by atoms with Crippen LogP contribution in [0.25, 0.3) is 0 Å². The van der Waals surface area contributed by atoms with E-state index in [0.29, 0.717) is 13.0 Å². The molecule has 2 atom stereocenters. The van der Waals surface area contributed by atoms with Gasteiger partial charge in [0, 0.05) is 32.5 Å². The fourth-order valence-corrected chi connectivity index (χ4v) is 7.04. The predicted octanol–water partition coefficient (Wildman–Crippen LogP) is 13.3. The zero-order valence-corrected chi connectivity index (χ0v) is 36.2. The van der Waals surface area contributed by atoms with Crippen molar-refractivity contribution in [3.63, 3.8) is 0 Å². The molecule has 0 spiro atoms. The summed E-state index contributed by atoms with van der Waals surface area (Å²) >= 11 is 0. The molecule has 0 amide bonds. The third-order valence-corrected chi connectivity index (χ3v) is 10.6. The van der Waals surface area contributed by atoms with Crippen molar-refractivity contribution in [2.75, 3.05) is 40.5 Å². The maximum atomic E-state index is 13.0. The highest BCUT2D eigenvalue weighted by Crippen LogP contribution is 2.45. The first kappa shape index (κ1) is 51.5. The average molecular weight is 770 g/mol. The predicted molar refractivity (Wildman–Crippen MR) is 223 cm³/mol. The monoisotopic (exact) mass is 770 g/mol. The molecule has 8 nitrogen and oxygen atoms in total. The first-order chi connectivity index (χ1) is 25.7. The Balaban J connectivity index is 4.26. The molecule has 0 fully saturated rings. The van der Waals surface area contributed by atoms with Gasteiger partial charge in [-0.2, -0.15) is 0 Å². The summed E-state index contributed by atoms with van der Waals surface area (Å²) in [5, 5.41) is 0. The number of hydrogen-bond donors (Lipinski definition) is 0. The summed E-state index contributed by atoms with van der Waals surface area (Å²) in [5.74, 6) is -0.677. The van der Waals surface area contributed by atoms with Gasteiger partial charge in [0.2, 0.25) is 6.29 Å². The number of ether oxygens (including phenoxy) is 2. The lowest BCUT2D eigenvalue weighted by molar-refractivity contribution is -0.167. The molecule has 0 aromatic heterocycles. The van der Waals surface area contributed by atoms with E-state index in [1.165, 1.54) is 116 Å². The fourth-order valence-electron chi connectivity index (χ4n) is 5.99. The van der Waals surface area contributed by atoms with Gasteiger partial charge in [-0.25, -0.2) is 0 Å². The van der Waals surface area contributed by atoms with Crippen LogP contribution in [0.5, 0.6) is 0 Å². The van der Waals surface area contributed by atoms with Crippen molar-refractivity contribution in [1.29, 1.82) is 0 Å². The molecule has 0 rings (SSSR count). The number of nitrogens with zero attached hydrogens (tertiary/aromatic N) is 1. The van der Waals surface area contributed by atoms with Crippen LogP contribution in [-0.4, -0.2) is 63.6 Å². The molecule has 53 heavy (non-hydrogen) atoms. The Labute approximate surface area is 327 Å². The van der Waals surface area contributed by atoms with E-state index in [1.54, 1.807) is 0 Å². The summed E-state index contributed by atoms with van der Waals surface area (Å²) in [6, 6.07) is 0. The second-order valence-electron chi connectivity index (χ2n) is 15.1. The summed E-state index contributed by atoms with van der Waals surface area (Å²) < 4.78 is 35.1. The molecule has 0 radical (unpaired) electrons. The van der Waals surface area contributed by atoms with E-state index in [4.69, 9.17) is 18.5 Å². The van der Waals surface area contributed by atoms with Crippen LogP contribution in [0.1, 0.15) is 200 Å². The summed E-state index contributed by atoms with van der Waals surface area (Å²) in [7, 11) is 0.309. The minimum absolute atomic E-state index is 0.0208. The molecule has 0 aromatic rings. The zero-order valence-electron chi connectivity index (χ0n) is 35.3. The van der Waals surface area contributed by atoms with Gasteiger partial charge >= 0.3 is 19.5 Å². The second kappa shape index (κ2) is 38.8. The quantitative estimate of drug-likeness (QED) is 0.0200. The van der Waals surface area contributed by atoms with Gasteiger partial charge in [0.05, 0.1) is 13.2 Å². The molecule has 2 unspecified atom stereocenters. The van der Waals surface area contributed by atoms with Crippen LogP contribution in [0.15, 0.2) is 24.3 Å². The summed E-state index contributed by atoms with van der Waals surface area (Å²) in [4.78, 5) is 27.0. The van der Waals surface area contributed by atoms with Gasteiger partial charge < -0.3 is 18.9 Å². The Morgan fingerprint density at radius 2 is 0.962 bits per heavy atom. The van der Waals surface area contributed by atoms with Gasteiger partial charge in [-0.1, -0.05) is 141 Å². The summed E-state index contributed by atoms with van der Waals surface area (Å²) in [5.41, 5.74) is 0. The second-order valence-corrected chi connectivity index (χ2v) is 17.1. The largest absolute Gasteiger partial charge is 0.465 e. The van der Waals surface area contributed by atoms with E-state index in [1.807, 2.05) is 19.0 Å². The molecule has 312 valence electrons. The lowest BCUT2D eigenvalue weighted by atomic mass is 10.1. The highest BCUT2D eigenvalue weighted by molar-refractivity contribution is 7.53. The number of hydrogen-bond acceptors (Lipinski definition) is 8. The third kappa shape index (κ3) is 40.0. The van der Waals surface area contributed by atoms with Crippen LogP contribution in [0.4, 0.5) is 0 Å². The van der Waals surface area contributed by atoms with Crippen LogP contribution < -0.4 is 0 Å². The molecule has 0 heterocycles. The molecular formula is C44H84NO7P. The fraction of sp³-hybridized carbons (Fsp3) is 0.864. The lowest BCUT2D eigenvalue weighted by Gasteiger charge is -2.23. The molecule has 0 aromatic carbocycles. The van der Waals surface area contributed by atoms with Gasteiger partial charge in [-0.05, 0) is 78.3 Å². The number of unbranched alkanes of at least 4 members (excludes halogenated alkanes) is 22. The maximum Gasteiger partial charge on any atom is 0.330 e. The van der Waals surface area contributed by atoms with Gasteiger partial charge in [-0.15, -0.1) is 0 Å². The van der Waals surface area contributed by atoms with Crippen LogP contribution in [-0.2, 0) is 32.7 Å². The Bertz CT molecular complexity index is 939. The first-order valence-corrected chi connectivity index (χ1v) is 23.9. The van der Waals surface area contributed by atoms with Crippen molar-refractivity contribution < 1.29 is 32.7 Å². The Hall–Kier alpha value is -1.47. The van der Waals surface area contributed by atoms with Crippen LogP contribution >= 0.6 is 7.60 Å². The average Bonchev–Trinajstić information content (AvgIpc) is 3.11. The van der Waals surface area contributed by atoms with E-state index >= 15 is 0 Å². The van der Waals surface area contributed by atoms with Crippen LogP contribution in [0.3, 0.4) is 0 Å². The molecule has 0 aliphatic carbocycles. The lowest BCUT2D eigenvalue weighted by Crippen LogP contribution is -2.24. The molecule has 9 heteroatoms. The van der Waals surface area contributed by atoms with E-state index < -0.39 is 19.9 Å². The topological polar surface area (TPSA) is 91.4 Å². The van der Waals surface area contributed by atoms with E-state index in [-0.39, 0.29) is 32.0 Å². The highest BCUT2D eigenvalue weighted by atomic mass is 31.2. The highest BCUT2D eigenvalue weighted by Gasteiger charge is 2.26. The number of carbonyl (C=O) groups is 2. The van der Waals surface area contributed by atoms with Crippen molar-refractivity contribution >= 4 is 19.5 Å². The normalized spacial score (nSPS) is 13.6. The van der Waals surface area contributed by atoms with Gasteiger partial charge in [0.1, 0.15) is 0 Å². The molecule has 0 saturated heterocycles. The van der Waals surface area contributed by atoms with Crippen molar-refractivity contribution in [2.45, 2.75) is 206 Å². The molecule has 0 aliphatic heterocycles. The van der Waals surface area contributed by atoms with E-state index in [9.17, 15) is 14.2 Å². The molecule has 0 bridgehead atoms. The standard InChI is InChI=1S/C44H84NO7P/c1-6-8-10-12-14-16-18-20-22-24-26-28-30-32-34-36-42(46)49-40-38-44(52-53(5,48)50-41-39-45(3)4)51-43(47)37-35-33-31-29-27-25-23-21-19-17-15-13-11-9-7-2/h20-23,44H,6-19,24-41H2,1-5H3/b22-20-,23-21-. The zero-order chi connectivity index (χ0) is 39.1. The van der Waals surface area contributed by atoms with Crippen molar-refractivity contribution in [1.82, 2.24) is 4.90 Å². The third-order valence-electron chi connectivity index (χ3n) is 9.34. The number of rotatable bonds is 40. The number of esters is 2. The molecule has 0 aliphatic rings. The first-order valence-electron chi connectivity index (χ1n) is 21.9. The minimum Gasteiger partial charge on any atom is -0.465 e. The van der Waals surface area contributed by atoms with Gasteiger partial charge in [0.15, 0.2) is 0 Å². The van der Waals surface area contributed by atoms with Gasteiger partial charge in [0.25, 0.3) is 0 Å². The summed E-state index contributed by atoms with van der Waals surface area (Å²) in [6.45, 7) is 6.72. The van der Waals surface area contributed by atoms with E-state index in [2.05, 4.69) is 38.2 Å². The van der Waals surface area contributed by atoms with E-state index in [0.717, 1.165) is 57.8 Å². The minimum atomic E-state index is -3.49. The number of carbonyl (C=O) groups excluding carboxylic acids is 2. The Kier molecular flexibility index (Phi) is 37.7. The molecule has 0 saturated carbocycles. The Morgan fingerprint density at radius 3 is 1.40 bits per heavy atom. The van der Waals surface area contributed by atoms with Crippen molar-refractivity contribution in [2.24, 2.45) is 0 Å². The Morgan fingerprint density at radius 1 is 0.566 bits per heavy atom. The number of allylic oxidation sites excluding steroid dienone is 4.